The molecule has 1 atom stereocenters. The van der Waals surface area contributed by atoms with Crippen LogP contribution in [0.3, 0.4) is 0 Å². The Kier molecular flexibility index (Phi) is 4.81. The molecule has 1 aromatic rings. The molecule has 104 valence electrons. The number of likely N-dealkylation sites (tertiary alicyclic amines) is 1. The maximum atomic E-state index is 12.8. The van der Waals surface area contributed by atoms with Gasteiger partial charge in [-0.05, 0) is 43.4 Å². The third-order valence-electron chi connectivity index (χ3n) is 3.81. The van der Waals surface area contributed by atoms with E-state index in [1.807, 2.05) is 11.8 Å². The largest absolute Gasteiger partial charge is 0.342 e. The van der Waals surface area contributed by atoms with Crippen LogP contribution < -0.4 is 0 Å². The molecule has 4 heteroatoms. The second-order valence-electron chi connectivity index (χ2n) is 5.20. The van der Waals surface area contributed by atoms with E-state index >= 15 is 0 Å². The summed E-state index contributed by atoms with van der Waals surface area (Å²) in [6, 6.07) is 6.12. The van der Waals surface area contributed by atoms with E-state index in [2.05, 4.69) is 0 Å². The minimum atomic E-state index is -0.270. The molecule has 1 aliphatic heterocycles. The van der Waals surface area contributed by atoms with E-state index in [9.17, 15) is 9.18 Å². The summed E-state index contributed by atoms with van der Waals surface area (Å²) >= 11 is 6.09. The van der Waals surface area contributed by atoms with Crippen LogP contribution in [-0.2, 0) is 11.2 Å². The number of piperidine rings is 1. The van der Waals surface area contributed by atoms with E-state index in [4.69, 9.17) is 11.6 Å². The molecule has 0 bridgehead atoms. The minimum Gasteiger partial charge on any atom is -0.342 e. The summed E-state index contributed by atoms with van der Waals surface area (Å²) in [4.78, 5) is 14.0. The zero-order valence-electron chi connectivity index (χ0n) is 11.1. The number of amides is 1. The van der Waals surface area contributed by atoms with Gasteiger partial charge in [0.25, 0.3) is 0 Å². The predicted molar refractivity (Wildman–Crippen MR) is 74.7 cm³/mol. The minimum absolute atomic E-state index is 0.118. The van der Waals surface area contributed by atoms with Crippen molar-refractivity contribution in [3.8, 4) is 0 Å². The number of benzene rings is 1. The SMILES string of the molecule is CC(Cl)C1CCN(C(=O)Cc2ccc(F)cc2)CC1. The Balaban J connectivity index is 1.86. The van der Waals surface area contributed by atoms with Crippen LogP contribution in [0.15, 0.2) is 24.3 Å². The number of carbonyl (C=O) groups excluding carboxylic acids is 1. The second-order valence-corrected chi connectivity index (χ2v) is 5.89. The fourth-order valence-corrected chi connectivity index (χ4v) is 2.75. The second kappa shape index (κ2) is 6.38. The standard InChI is InChI=1S/C15H19ClFNO/c1-11(16)13-6-8-18(9-7-13)15(19)10-12-2-4-14(17)5-3-12/h2-5,11,13H,6-10H2,1H3. The van der Waals surface area contributed by atoms with Crippen LogP contribution >= 0.6 is 11.6 Å². The number of hydrogen-bond acceptors (Lipinski definition) is 1. The Hall–Kier alpha value is -1.09. The van der Waals surface area contributed by atoms with Gasteiger partial charge in [-0.15, -0.1) is 11.6 Å². The molecule has 0 aliphatic carbocycles. The van der Waals surface area contributed by atoms with Gasteiger partial charge in [0.2, 0.25) is 5.91 Å². The van der Waals surface area contributed by atoms with Crippen molar-refractivity contribution in [2.75, 3.05) is 13.1 Å². The van der Waals surface area contributed by atoms with Crippen molar-refractivity contribution in [2.24, 2.45) is 5.92 Å². The van der Waals surface area contributed by atoms with Crippen molar-refractivity contribution in [2.45, 2.75) is 31.6 Å². The van der Waals surface area contributed by atoms with Crippen LogP contribution in [0.25, 0.3) is 0 Å². The molecule has 1 saturated heterocycles. The summed E-state index contributed by atoms with van der Waals surface area (Å²) in [6.07, 6.45) is 2.29. The van der Waals surface area contributed by atoms with Crippen LogP contribution in [0.1, 0.15) is 25.3 Å². The zero-order chi connectivity index (χ0) is 13.8. The van der Waals surface area contributed by atoms with E-state index in [-0.39, 0.29) is 17.1 Å². The first kappa shape index (κ1) is 14.3. The van der Waals surface area contributed by atoms with Gasteiger partial charge >= 0.3 is 0 Å². The molecule has 0 N–H and O–H groups in total. The molecule has 1 fully saturated rings. The number of halogens is 2. The number of alkyl halides is 1. The fraction of sp³-hybridized carbons (Fsp3) is 0.533. The summed E-state index contributed by atoms with van der Waals surface area (Å²) in [5.74, 6) is 0.358. The van der Waals surface area contributed by atoms with E-state index in [0.717, 1.165) is 31.5 Å². The van der Waals surface area contributed by atoms with Crippen LogP contribution in [0.2, 0.25) is 0 Å². The third-order valence-corrected chi connectivity index (χ3v) is 4.17. The van der Waals surface area contributed by atoms with Crippen molar-refractivity contribution in [1.82, 2.24) is 4.90 Å². The number of carbonyl (C=O) groups is 1. The normalized spacial score (nSPS) is 18.4. The van der Waals surface area contributed by atoms with Gasteiger partial charge in [0, 0.05) is 18.5 Å². The summed E-state index contributed by atoms with van der Waals surface area (Å²) in [6.45, 7) is 3.58. The smallest absolute Gasteiger partial charge is 0.226 e. The topological polar surface area (TPSA) is 20.3 Å². The summed E-state index contributed by atoms with van der Waals surface area (Å²) < 4.78 is 12.8. The van der Waals surface area contributed by atoms with Gasteiger partial charge in [-0.2, -0.15) is 0 Å². The lowest BCUT2D eigenvalue weighted by Gasteiger charge is -2.33. The zero-order valence-corrected chi connectivity index (χ0v) is 11.9. The number of rotatable bonds is 3. The lowest BCUT2D eigenvalue weighted by molar-refractivity contribution is -0.131. The summed E-state index contributed by atoms with van der Waals surface area (Å²) in [7, 11) is 0. The van der Waals surface area contributed by atoms with Crippen molar-refractivity contribution < 1.29 is 9.18 Å². The molecule has 0 aromatic heterocycles. The van der Waals surface area contributed by atoms with Crippen molar-refractivity contribution in [3.05, 3.63) is 35.6 Å². The predicted octanol–water partition coefficient (Wildman–Crippen LogP) is 3.23. The quantitative estimate of drug-likeness (QED) is 0.780. The third kappa shape index (κ3) is 3.93. The van der Waals surface area contributed by atoms with Gasteiger partial charge in [-0.25, -0.2) is 4.39 Å². The molecule has 1 aliphatic rings. The lowest BCUT2D eigenvalue weighted by atomic mass is 9.93. The highest BCUT2D eigenvalue weighted by molar-refractivity contribution is 6.20. The Labute approximate surface area is 118 Å². The first-order chi connectivity index (χ1) is 9.06. The highest BCUT2D eigenvalue weighted by Gasteiger charge is 2.25. The summed E-state index contributed by atoms with van der Waals surface area (Å²) in [5, 5.41) is 0.175. The molecule has 1 heterocycles. The Morgan fingerprint density at radius 3 is 2.47 bits per heavy atom. The van der Waals surface area contributed by atoms with Crippen LogP contribution in [0.5, 0.6) is 0 Å². The molecule has 1 unspecified atom stereocenters. The Morgan fingerprint density at radius 1 is 1.37 bits per heavy atom. The molecule has 0 radical (unpaired) electrons. The molecule has 2 rings (SSSR count). The molecule has 19 heavy (non-hydrogen) atoms. The van der Waals surface area contributed by atoms with Gasteiger partial charge in [0.05, 0.1) is 6.42 Å². The summed E-state index contributed by atoms with van der Waals surface area (Å²) in [5.41, 5.74) is 0.860. The van der Waals surface area contributed by atoms with Crippen molar-refractivity contribution in [1.29, 1.82) is 0 Å². The maximum Gasteiger partial charge on any atom is 0.226 e. The van der Waals surface area contributed by atoms with Crippen molar-refractivity contribution in [3.63, 3.8) is 0 Å². The van der Waals surface area contributed by atoms with Gasteiger partial charge in [-0.1, -0.05) is 12.1 Å². The molecule has 1 amide bonds. The highest BCUT2D eigenvalue weighted by atomic mass is 35.5. The van der Waals surface area contributed by atoms with Gasteiger partial charge in [0.1, 0.15) is 5.82 Å². The molecule has 0 saturated carbocycles. The Morgan fingerprint density at radius 2 is 1.95 bits per heavy atom. The van der Waals surface area contributed by atoms with Gasteiger partial charge in [-0.3, -0.25) is 4.79 Å². The molecular weight excluding hydrogens is 265 g/mol. The molecule has 0 spiro atoms. The molecule has 2 nitrogen and oxygen atoms in total. The van der Waals surface area contributed by atoms with Crippen LogP contribution in [0.4, 0.5) is 4.39 Å². The first-order valence-corrected chi connectivity index (χ1v) is 7.16. The van der Waals surface area contributed by atoms with Crippen molar-refractivity contribution >= 4 is 17.5 Å². The number of nitrogens with zero attached hydrogens (tertiary/aromatic N) is 1. The first-order valence-electron chi connectivity index (χ1n) is 6.72. The monoisotopic (exact) mass is 283 g/mol. The van der Waals surface area contributed by atoms with E-state index in [1.165, 1.54) is 12.1 Å². The van der Waals surface area contributed by atoms with E-state index in [1.54, 1.807) is 12.1 Å². The average Bonchev–Trinajstić information content (AvgIpc) is 2.41. The molecule has 1 aromatic carbocycles. The average molecular weight is 284 g/mol. The molecular formula is C15H19ClFNO. The maximum absolute atomic E-state index is 12.8. The van der Waals surface area contributed by atoms with Gasteiger partial charge in [0.15, 0.2) is 0 Å². The van der Waals surface area contributed by atoms with Gasteiger partial charge < -0.3 is 4.90 Å². The number of hydrogen-bond donors (Lipinski definition) is 0. The van der Waals surface area contributed by atoms with Crippen LogP contribution in [-0.4, -0.2) is 29.3 Å². The van der Waals surface area contributed by atoms with E-state index < -0.39 is 0 Å². The van der Waals surface area contributed by atoms with Crippen LogP contribution in [0, 0.1) is 11.7 Å². The highest BCUT2D eigenvalue weighted by Crippen LogP contribution is 2.24. The fourth-order valence-electron chi connectivity index (χ4n) is 2.50. The lowest BCUT2D eigenvalue weighted by Crippen LogP contribution is -2.40. The van der Waals surface area contributed by atoms with E-state index in [0.29, 0.717) is 12.3 Å². The Bertz CT molecular complexity index is 424.